The molecule has 1 aromatic carbocycles. The predicted molar refractivity (Wildman–Crippen MR) is 86.6 cm³/mol. The van der Waals surface area contributed by atoms with E-state index in [9.17, 15) is 5.11 Å². The van der Waals surface area contributed by atoms with Gasteiger partial charge in [-0.3, -0.25) is 0 Å². The lowest BCUT2D eigenvalue weighted by molar-refractivity contribution is 0.210. The van der Waals surface area contributed by atoms with Crippen LogP contribution in [0.3, 0.4) is 0 Å². The zero-order valence-corrected chi connectivity index (χ0v) is 13.1. The van der Waals surface area contributed by atoms with E-state index < -0.39 is 0 Å². The summed E-state index contributed by atoms with van der Waals surface area (Å²) in [5.74, 6) is 1.29. The summed E-state index contributed by atoms with van der Waals surface area (Å²) in [7, 11) is 2.22. The minimum Gasteiger partial charge on any atom is -0.508 e. The summed E-state index contributed by atoms with van der Waals surface area (Å²) in [6, 6.07) is 6.31. The van der Waals surface area contributed by atoms with E-state index >= 15 is 0 Å². The first kappa shape index (κ1) is 14.9. The maximum Gasteiger partial charge on any atom is 0.115 e. The summed E-state index contributed by atoms with van der Waals surface area (Å²) in [6.07, 6.45) is 7.59. The molecular formula is C18H28N2O. The first-order valence-corrected chi connectivity index (χ1v) is 8.46. The van der Waals surface area contributed by atoms with Gasteiger partial charge in [0.2, 0.25) is 0 Å². The predicted octanol–water partition coefficient (Wildman–Crippen LogP) is 3.09. The highest BCUT2D eigenvalue weighted by molar-refractivity contribution is 5.38. The van der Waals surface area contributed by atoms with Crippen LogP contribution in [-0.2, 0) is 6.42 Å². The van der Waals surface area contributed by atoms with Crippen molar-refractivity contribution >= 4 is 0 Å². The maximum absolute atomic E-state index is 9.73. The molecule has 1 unspecified atom stereocenters. The lowest BCUT2D eigenvalue weighted by atomic mass is 9.87. The summed E-state index contributed by atoms with van der Waals surface area (Å²) in [5.41, 5.74) is 2.74. The third kappa shape index (κ3) is 3.78. The smallest absolute Gasteiger partial charge is 0.115 e. The molecule has 1 atom stereocenters. The Morgan fingerprint density at radius 3 is 2.86 bits per heavy atom. The number of hydrogen-bond acceptors (Lipinski definition) is 3. The van der Waals surface area contributed by atoms with Crippen molar-refractivity contribution < 1.29 is 5.11 Å². The SMILES string of the molecule is CN1CCC(CCNC2CCCc3ccc(O)cc32)CC1. The molecule has 2 aliphatic rings. The Balaban J connectivity index is 1.51. The van der Waals surface area contributed by atoms with Gasteiger partial charge in [-0.1, -0.05) is 6.07 Å². The molecule has 116 valence electrons. The van der Waals surface area contributed by atoms with Crippen molar-refractivity contribution in [3.8, 4) is 5.75 Å². The summed E-state index contributed by atoms with van der Waals surface area (Å²) in [6.45, 7) is 3.61. The molecule has 21 heavy (non-hydrogen) atoms. The first-order chi connectivity index (χ1) is 10.2. The van der Waals surface area contributed by atoms with Crippen LogP contribution in [0.2, 0.25) is 0 Å². The third-order valence-corrected chi connectivity index (χ3v) is 5.23. The van der Waals surface area contributed by atoms with Gasteiger partial charge < -0.3 is 15.3 Å². The van der Waals surface area contributed by atoms with Crippen molar-refractivity contribution in [1.82, 2.24) is 10.2 Å². The molecule has 1 aromatic rings. The molecule has 1 saturated heterocycles. The molecule has 0 spiro atoms. The number of benzene rings is 1. The van der Waals surface area contributed by atoms with Gasteiger partial charge in [0, 0.05) is 6.04 Å². The highest BCUT2D eigenvalue weighted by Gasteiger charge is 2.21. The van der Waals surface area contributed by atoms with Crippen LogP contribution in [0, 0.1) is 5.92 Å². The number of piperidine rings is 1. The van der Waals surface area contributed by atoms with Crippen LogP contribution in [0.1, 0.15) is 49.3 Å². The number of hydrogen-bond donors (Lipinski definition) is 2. The van der Waals surface area contributed by atoms with Crippen molar-refractivity contribution in [2.24, 2.45) is 5.92 Å². The fraction of sp³-hybridized carbons (Fsp3) is 0.667. The maximum atomic E-state index is 9.73. The highest BCUT2D eigenvalue weighted by atomic mass is 16.3. The Morgan fingerprint density at radius 1 is 1.24 bits per heavy atom. The van der Waals surface area contributed by atoms with Gasteiger partial charge in [-0.2, -0.15) is 0 Å². The minimum atomic E-state index is 0.401. The number of fused-ring (bicyclic) bond motifs is 1. The van der Waals surface area contributed by atoms with Gasteiger partial charge in [0.1, 0.15) is 5.75 Å². The molecule has 0 aromatic heterocycles. The van der Waals surface area contributed by atoms with Crippen LogP contribution in [0.4, 0.5) is 0 Å². The van der Waals surface area contributed by atoms with E-state index in [1.807, 2.05) is 12.1 Å². The van der Waals surface area contributed by atoms with E-state index in [2.05, 4.69) is 23.3 Å². The van der Waals surface area contributed by atoms with Gasteiger partial charge in [-0.15, -0.1) is 0 Å². The minimum absolute atomic E-state index is 0.401. The molecule has 3 rings (SSSR count). The number of likely N-dealkylation sites (tertiary alicyclic amines) is 1. The molecule has 1 aliphatic heterocycles. The Hall–Kier alpha value is -1.06. The lowest BCUT2D eigenvalue weighted by Gasteiger charge is -2.30. The second-order valence-electron chi connectivity index (χ2n) is 6.82. The van der Waals surface area contributed by atoms with E-state index in [0.29, 0.717) is 11.8 Å². The average molecular weight is 288 g/mol. The molecular weight excluding hydrogens is 260 g/mol. The molecule has 1 aliphatic carbocycles. The van der Waals surface area contributed by atoms with Crippen molar-refractivity contribution in [2.45, 2.75) is 44.6 Å². The van der Waals surface area contributed by atoms with Crippen LogP contribution >= 0.6 is 0 Å². The number of nitrogens with zero attached hydrogens (tertiary/aromatic N) is 1. The first-order valence-electron chi connectivity index (χ1n) is 8.46. The molecule has 0 radical (unpaired) electrons. The van der Waals surface area contributed by atoms with E-state index in [1.165, 1.54) is 56.3 Å². The molecule has 1 heterocycles. The van der Waals surface area contributed by atoms with Crippen molar-refractivity contribution in [3.63, 3.8) is 0 Å². The number of aryl methyl sites for hydroxylation is 1. The second kappa shape index (κ2) is 6.80. The standard InChI is InChI=1S/C18H28N2O/c1-20-11-8-14(9-12-20)7-10-19-18-4-2-3-15-5-6-16(21)13-17(15)18/h5-6,13-14,18-19,21H,2-4,7-12H2,1H3. The van der Waals surface area contributed by atoms with Gasteiger partial charge in [0.15, 0.2) is 0 Å². The van der Waals surface area contributed by atoms with Crippen molar-refractivity contribution in [3.05, 3.63) is 29.3 Å². The monoisotopic (exact) mass is 288 g/mol. The number of phenolic OH excluding ortho intramolecular Hbond substituents is 1. The average Bonchev–Trinajstić information content (AvgIpc) is 2.50. The molecule has 2 N–H and O–H groups in total. The van der Waals surface area contributed by atoms with Crippen molar-refractivity contribution in [1.29, 1.82) is 0 Å². The lowest BCUT2D eigenvalue weighted by Crippen LogP contribution is -2.32. The Kier molecular flexibility index (Phi) is 4.81. The van der Waals surface area contributed by atoms with Crippen LogP contribution in [0.25, 0.3) is 0 Å². The summed E-state index contributed by atoms with van der Waals surface area (Å²) < 4.78 is 0. The highest BCUT2D eigenvalue weighted by Crippen LogP contribution is 2.32. The fourth-order valence-corrected chi connectivity index (χ4v) is 3.81. The van der Waals surface area contributed by atoms with Gasteiger partial charge in [0.25, 0.3) is 0 Å². The second-order valence-corrected chi connectivity index (χ2v) is 6.82. The molecule has 1 fully saturated rings. The number of aromatic hydroxyl groups is 1. The van der Waals surface area contributed by atoms with Gasteiger partial charge >= 0.3 is 0 Å². The van der Waals surface area contributed by atoms with E-state index in [-0.39, 0.29) is 0 Å². The Labute approximate surface area is 128 Å². The van der Waals surface area contributed by atoms with E-state index in [1.54, 1.807) is 0 Å². The summed E-state index contributed by atoms with van der Waals surface area (Å²) in [5, 5.41) is 13.5. The van der Waals surface area contributed by atoms with Gasteiger partial charge in [0.05, 0.1) is 0 Å². The molecule has 0 saturated carbocycles. The molecule has 0 amide bonds. The van der Waals surface area contributed by atoms with Crippen LogP contribution < -0.4 is 5.32 Å². The van der Waals surface area contributed by atoms with Gasteiger partial charge in [-0.25, -0.2) is 0 Å². The largest absolute Gasteiger partial charge is 0.508 e. The molecule has 3 nitrogen and oxygen atoms in total. The topological polar surface area (TPSA) is 35.5 Å². The van der Waals surface area contributed by atoms with E-state index in [0.717, 1.165) is 18.9 Å². The summed E-state index contributed by atoms with van der Waals surface area (Å²) in [4.78, 5) is 2.43. The van der Waals surface area contributed by atoms with Gasteiger partial charge in [-0.05, 0) is 94.4 Å². The van der Waals surface area contributed by atoms with Crippen LogP contribution in [-0.4, -0.2) is 36.7 Å². The fourth-order valence-electron chi connectivity index (χ4n) is 3.81. The van der Waals surface area contributed by atoms with Crippen LogP contribution in [0.15, 0.2) is 18.2 Å². The third-order valence-electron chi connectivity index (χ3n) is 5.23. The normalized spacial score (nSPS) is 24.0. The molecule has 0 bridgehead atoms. The molecule has 3 heteroatoms. The Morgan fingerprint density at radius 2 is 2.05 bits per heavy atom. The number of nitrogens with one attached hydrogen (secondary N) is 1. The quantitative estimate of drug-likeness (QED) is 0.893. The Bertz CT molecular complexity index is 466. The van der Waals surface area contributed by atoms with Crippen LogP contribution in [0.5, 0.6) is 5.75 Å². The van der Waals surface area contributed by atoms with E-state index in [4.69, 9.17) is 0 Å². The zero-order valence-electron chi connectivity index (χ0n) is 13.1. The van der Waals surface area contributed by atoms with Crippen molar-refractivity contribution in [2.75, 3.05) is 26.7 Å². The number of rotatable bonds is 4. The summed E-state index contributed by atoms with van der Waals surface area (Å²) >= 11 is 0. The zero-order chi connectivity index (χ0) is 14.7. The number of phenols is 1.